The van der Waals surface area contributed by atoms with E-state index in [1.807, 2.05) is 48.5 Å². The van der Waals surface area contributed by atoms with E-state index in [1.165, 1.54) is 17.8 Å². The van der Waals surface area contributed by atoms with Gasteiger partial charge in [0.05, 0.1) is 72.1 Å². The molecule has 0 aliphatic carbocycles. The number of para-hydroxylation sites is 3. The Morgan fingerprint density at radius 3 is 0.941 bits per heavy atom. The molecule has 3 fully saturated rings. The van der Waals surface area contributed by atoms with Crippen LogP contribution in [0.2, 0.25) is 5.15 Å². The third-order valence-corrected chi connectivity index (χ3v) is 19.5. The molecular formula is C84H85ClF9N21O3. The van der Waals surface area contributed by atoms with Crippen molar-refractivity contribution in [1.82, 2.24) is 59.6 Å². The van der Waals surface area contributed by atoms with Crippen molar-refractivity contribution < 1.29 is 53.7 Å². The van der Waals surface area contributed by atoms with Crippen LogP contribution in [-0.2, 0) is 18.5 Å². The molecule has 3 aliphatic rings. The lowest BCUT2D eigenvalue weighted by Gasteiger charge is -2.34. The van der Waals surface area contributed by atoms with E-state index < -0.39 is 35.2 Å². The predicted octanol–water partition coefficient (Wildman–Crippen LogP) is 17.6. The van der Waals surface area contributed by atoms with Crippen LogP contribution in [0.5, 0.6) is 17.2 Å². The van der Waals surface area contributed by atoms with E-state index >= 15 is 0 Å². The number of hydrogen-bond acceptors (Lipinski definition) is 24. The number of rotatable bonds is 19. The highest BCUT2D eigenvalue weighted by atomic mass is 35.5. The highest BCUT2D eigenvalue weighted by Gasteiger charge is 2.37. The average molecular weight is 1640 g/mol. The predicted molar refractivity (Wildman–Crippen MR) is 444 cm³/mol. The summed E-state index contributed by atoms with van der Waals surface area (Å²) in [5, 5.41) is 14.8. The molecule has 0 unspecified atom stereocenters. The van der Waals surface area contributed by atoms with Crippen LogP contribution in [0.25, 0.3) is 34.2 Å². The third kappa shape index (κ3) is 22.2. The van der Waals surface area contributed by atoms with Crippen LogP contribution in [0.1, 0.15) is 16.7 Å². The molecule has 614 valence electrons. The average Bonchev–Trinajstić information content (AvgIpc) is 0.803. The summed E-state index contributed by atoms with van der Waals surface area (Å²) in [4.78, 5) is 50.6. The molecule has 3 saturated heterocycles. The van der Waals surface area contributed by atoms with Crippen molar-refractivity contribution in [3.8, 4) is 51.4 Å². The van der Waals surface area contributed by atoms with E-state index in [9.17, 15) is 39.5 Å². The van der Waals surface area contributed by atoms with E-state index in [1.54, 1.807) is 150 Å². The fraction of sp³-hybridized carbons (Fsp3) is 0.250. The number of piperazine rings is 3. The van der Waals surface area contributed by atoms with E-state index in [2.05, 4.69) is 128 Å². The van der Waals surface area contributed by atoms with E-state index in [-0.39, 0.29) is 33.9 Å². The molecule has 15 rings (SSSR count). The smallest absolute Gasteiger partial charge is 0.419 e. The first-order valence-corrected chi connectivity index (χ1v) is 37.6. The second-order valence-corrected chi connectivity index (χ2v) is 27.7. The van der Waals surface area contributed by atoms with Crippen LogP contribution in [0, 0.1) is 0 Å². The van der Waals surface area contributed by atoms with Gasteiger partial charge in [0.25, 0.3) is 0 Å². The number of pyridine rings is 3. The van der Waals surface area contributed by atoms with Crippen molar-refractivity contribution >= 4 is 91.5 Å². The number of nitrogens with zero attached hydrogens (tertiary/aromatic N) is 15. The number of likely N-dealkylation sites (N-methyl/N-ethyl adjacent to an activating group) is 3. The molecule has 9 heterocycles. The highest BCUT2D eigenvalue weighted by Crippen LogP contribution is 2.44. The van der Waals surface area contributed by atoms with Gasteiger partial charge in [-0.25, -0.2) is 44.9 Å². The number of aromatic nitrogens is 9. The van der Waals surface area contributed by atoms with Crippen LogP contribution in [0.4, 0.5) is 119 Å². The second kappa shape index (κ2) is 38.7. The summed E-state index contributed by atoms with van der Waals surface area (Å²) >= 11 is 5.75. The monoisotopic (exact) mass is 1640 g/mol. The lowest BCUT2D eigenvalue weighted by atomic mass is 10.1. The molecule has 0 radical (unpaired) electrons. The molecule has 6 aromatic heterocycles. The molecule has 6 aromatic carbocycles. The largest absolute Gasteiger partial charge is 0.495 e. The molecule has 24 nitrogen and oxygen atoms in total. The summed E-state index contributed by atoms with van der Waals surface area (Å²) < 4.78 is 140. The van der Waals surface area contributed by atoms with Crippen molar-refractivity contribution in [1.29, 1.82) is 0 Å². The van der Waals surface area contributed by atoms with Crippen LogP contribution >= 0.6 is 11.6 Å². The number of nitrogen functional groups attached to an aromatic ring is 1. The summed E-state index contributed by atoms with van der Waals surface area (Å²) in [6.07, 6.45) is -2.02. The molecule has 7 N–H and O–H groups in total. The van der Waals surface area contributed by atoms with Crippen molar-refractivity contribution in [3.63, 3.8) is 0 Å². The molecule has 3 aliphatic heterocycles. The molecule has 118 heavy (non-hydrogen) atoms. The first kappa shape index (κ1) is 84.5. The third-order valence-electron chi connectivity index (χ3n) is 19.3. The summed E-state index contributed by atoms with van der Waals surface area (Å²) in [6.45, 7) is 11.8. The molecule has 0 bridgehead atoms. The molecule has 0 saturated carbocycles. The van der Waals surface area contributed by atoms with E-state index in [0.29, 0.717) is 86.0 Å². The molecule has 12 aromatic rings. The SMILES string of the molecule is COc1cc(N2CCN(C)CC2)ccc1N.COc1cc(N2CCN(C)CC2)ccc1Nc1cc(Nc2ccccc2-c2ncccn2)c(C(F)(F)F)cn1.COc1cc(N2CCN(C)CC2)ccc1Nc1cc(Nc2ccccc2-c2ncccn2)c(C(F)(F)F)cn1.FC(F)(F)c1cnc(Cl)cc1Nc1ccccc1-c1ncccn1. The molecular weight excluding hydrogens is 1560 g/mol. The van der Waals surface area contributed by atoms with Gasteiger partial charge in [-0.2, -0.15) is 39.5 Å². The normalized spacial score (nSPS) is 14.1. The standard InChI is InChI=1S/2C28H28F3N7O.C16H10ClF3N4.C12H19N3O/c2*1-37-12-14-38(15-13-37)19-8-9-23(25(16-19)39-2)36-26-17-24(21(18-34-26)28(29,30)31)35-22-7-4-3-6-20(22)27-32-10-5-11-33-27;17-14-8-13(11(9-23-14)16(18,19)20)24-12-5-2-1-4-10(12)15-21-6-3-7-22-15;1-14-5-7-15(8-6-14)10-3-4-11(13)12(9-10)16-2/h2*3-11,16-18H,12-15H2,1-2H3,(H2,34,35,36);1-9H,(H,23,24);3-4,9H,5-8,13H2,1-2H3. The minimum absolute atomic E-state index is 0.0426. The quantitative estimate of drug-likeness (QED) is 0.0250. The Hall–Kier alpha value is -12.9. The Morgan fingerprint density at radius 2 is 0.619 bits per heavy atom. The van der Waals surface area contributed by atoms with Crippen molar-refractivity contribution in [2.45, 2.75) is 18.5 Å². The van der Waals surface area contributed by atoms with Gasteiger partial charge in [0, 0.05) is 215 Å². The molecule has 34 heteroatoms. The van der Waals surface area contributed by atoms with Gasteiger partial charge >= 0.3 is 18.5 Å². The number of halogens is 10. The number of anilines is 14. The fourth-order valence-corrected chi connectivity index (χ4v) is 13.1. The number of methoxy groups -OCH3 is 3. The maximum absolute atomic E-state index is 13.9. The molecule has 0 atom stereocenters. The van der Waals surface area contributed by atoms with Crippen LogP contribution in [-0.4, -0.2) is 181 Å². The molecule has 0 spiro atoms. The Labute approximate surface area is 680 Å². The van der Waals surface area contributed by atoms with Crippen LogP contribution < -0.4 is 61.2 Å². The lowest BCUT2D eigenvalue weighted by molar-refractivity contribution is -0.138. The first-order valence-electron chi connectivity index (χ1n) is 37.2. The summed E-state index contributed by atoms with van der Waals surface area (Å²) in [5.74, 6) is 3.53. The van der Waals surface area contributed by atoms with Crippen molar-refractivity contribution in [2.24, 2.45) is 0 Å². The highest BCUT2D eigenvalue weighted by molar-refractivity contribution is 6.29. The number of benzene rings is 6. The van der Waals surface area contributed by atoms with Crippen molar-refractivity contribution in [3.05, 3.63) is 241 Å². The Balaban J connectivity index is 0.000000152. The number of hydrogen-bond donors (Lipinski definition) is 6. The Morgan fingerprint density at radius 1 is 0.322 bits per heavy atom. The zero-order chi connectivity index (χ0) is 83.5. The topological polar surface area (TPSA) is 249 Å². The fourth-order valence-electron chi connectivity index (χ4n) is 12.9. The van der Waals surface area contributed by atoms with Crippen LogP contribution in [0.15, 0.2) is 220 Å². The first-order chi connectivity index (χ1) is 56.8. The lowest BCUT2D eigenvalue weighted by Crippen LogP contribution is -2.44. The summed E-state index contributed by atoms with van der Waals surface area (Å²) in [7, 11) is 11.1. The minimum atomic E-state index is -4.62. The summed E-state index contributed by atoms with van der Waals surface area (Å²) in [6, 6.07) is 46.9. The van der Waals surface area contributed by atoms with E-state index in [0.717, 1.165) is 114 Å². The van der Waals surface area contributed by atoms with Gasteiger partial charge in [-0.1, -0.05) is 48.0 Å². The van der Waals surface area contributed by atoms with Gasteiger partial charge in [-0.3, -0.25) is 0 Å². The number of nitrogens with one attached hydrogen (secondary N) is 5. The van der Waals surface area contributed by atoms with Crippen molar-refractivity contribution in [2.75, 3.05) is 168 Å². The van der Waals surface area contributed by atoms with Gasteiger partial charge in [-0.15, -0.1) is 0 Å². The van der Waals surface area contributed by atoms with Gasteiger partial charge in [-0.05, 0) is 118 Å². The second-order valence-electron chi connectivity index (χ2n) is 27.3. The Bertz CT molecular complexity index is 5080. The van der Waals surface area contributed by atoms with E-state index in [4.69, 9.17) is 31.5 Å². The zero-order valence-corrected chi connectivity index (χ0v) is 65.8. The Kier molecular flexibility index (Phi) is 27.7. The van der Waals surface area contributed by atoms with Gasteiger partial charge in [0.15, 0.2) is 17.5 Å². The summed E-state index contributed by atoms with van der Waals surface area (Å²) in [5.41, 5.74) is 10.7. The maximum Gasteiger partial charge on any atom is 0.419 e. The number of ether oxygens (including phenoxy) is 3. The number of alkyl halides is 9. The van der Waals surface area contributed by atoms with Gasteiger partial charge < -0.3 is 75.9 Å². The minimum Gasteiger partial charge on any atom is -0.495 e. The number of nitrogens with two attached hydrogens (primary N) is 1. The van der Waals surface area contributed by atoms with Gasteiger partial charge in [0.2, 0.25) is 0 Å². The maximum atomic E-state index is 13.9. The van der Waals surface area contributed by atoms with Gasteiger partial charge in [0.1, 0.15) is 34.0 Å². The zero-order valence-electron chi connectivity index (χ0n) is 65.1. The molecule has 0 amide bonds. The van der Waals surface area contributed by atoms with Crippen LogP contribution in [0.3, 0.4) is 0 Å².